The fourth-order valence-electron chi connectivity index (χ4n) is 9.98. The van der Waals surface area contributed by atoms with Crippen molar-refractivity contribution in [2.75, 3.05) is 61.6 Å². The molecule has 1 aliphatic carbocycles. The fraction of sp³-hybridized carbons (Fsp3) is 0.740. The topological polar surface area (TPSA) is 251 Å². The van der Waals surface area contributed by atoms with Crippen LogP contribution in [-0.4, -0.2) is 184 Å². The number of ether oxygens (including phenoxy) is 3. The number of hydrogen-bond donors (Lipinski definition) is 4. The minimum absolute atomic E-state index is 0.00333. The van der Waals surface area contributed by atoms with Gasteiger partial charge in [0.05, 0.1) is 53.8 Å². The Hall–Kier alpha value is -4.86. The molecule has 2 aliphatic heterocycles. The summed E-state index contributed by atoms with van der Waals surface area (Å²) < 4.78 is 45.7. The van der Waals surface area contributed by atoms with E-state index in [1.54, 1.807) is 48.0 Å². The Bertz CT molecular complexity index is 2110. The zero-order valence-corrected chi connectivity index (χ0v) is 44.7. The average Bonchev–Trinajstić information content (AvgIpc) is 3.87. The molecular weight excluding hydrogens is 939 g/mol. The van der Waals surface area contributed by atoms with Crippen molar-refractivity contribution in [3.8, 4) is 5.75 Å². The molecule has 3 fully saturated rings. The summed E-state index contributed by atoms with van der Waals surface area (Å²) in [6, 6.07) is 2.69. The number of carbonyl (C=O) groups is 7. The van der Waals surface area contributed by atoms with E-state index in [0.29, 0.717) is 62.9 Å². The number of rotatable bonds is 27. The maximum atomic E-state index is 14.5. The highest BCUT2D eigenvalue weighted by Crippen LogP contribution is 2.31. The monoisotopic (exact) mass is 1020 g/mol. The molecule has 10 atom stereocenters. The van der Waals surface area contributed by atoms with E-state index >= 15 is 0 Å². The Kier molecular flexibility index (Phi) is 21.7. The van der Waals surface area contributed by atoms with Crippen LogP contribution >= 0.6 is 0 Å². The Labute approximate surface area is 420 Å². The van der Waals surface area contributed by atoms with Crippen molar-refractivity contribution in [2.24, 2.45) is 29.6 Å². The van der Waals surface area contributed by atoms with Crippen molar-refractivity contribution in [3.63, 3.8) is 0 Å². The van der Waals surface area contributed by atoms with Crippen LogP contribution in [0.4, 0.5) is 0 Å². The molecule has 0 spiro atoms. The van der Waals surface area contributed by atoms with Crippen molar-refractivity contribution >= 4 is 51.4 Å². The third-order valence-corrected chi connectivity index (χ3v) is 16.2. The molecule has 20 nitrogen and oxygen atoms in total. The molecule has 2 heterocycles. The lowest BCUT2D eigenvalue weighted by Gasteiger charge is -2.41. The first-order valence-electron chi connectivity index (χ1n) is 25.0. The zero-order valence-electron chi connectivity index (χ0n) is 43.8. The Balaban J connectivity index is 1.48. The van der Waals surface area contributed by atoms with Crippen LogP contribution < -0.4 is 20.1 Å². The minimum Gasteiger partial charge on any atom is -0.484 e. The second kappa shape index (κ2) is 26.2. The van der Waals surface area contributed by atoms with Crippen LogP contribution in [0.5, 0.6) is 5.75 Å². The van der Waals surface area contributed by atoms with Gasteiger partial charge in [0.25, 0.3) is 11.8 Å². The normalized spacial score (nSPS) is 20.7. The molecule has 1 saturated carbocycles. The lowest BCUT2D eigenvalue weighted by molar-refractivity contribution is -0.148. The molecule has 21 heteroatoms. The van der Waals surface area contributed by atoms with Crippen LogP contribution in [0.15, 0.2) is 24.3 Å². The lowest BCUT2D eigenvalue weighted by Crippen LogP contribution is -2.59. The number of hydrogen-bond acceptors (Lipinski definition) is 13. The van der Waals surface area contributed by atoms with Crippen molar-refractivity contribution in [3.05, 3.63) is 29.8 Å². The number of methoxy groups -OCH3 is 2. The van der Waals surface area contributed by atoms with E-state index in [1.165, 1.54) is 19.1 Å². The van der Waals surface area contributed by atoms with E-state index in [9.17, 15) is 47.1 Å². The molecule has 1 aromatic rings. The summed E-state index contributed by atoms with van der Waals surface area (Å²) in [5.41, 5.74) is 0.546. The van der Waals surface area contributed by atoms with Crippen molar-refractivity contribution in [2.45, 2.75) is 147 Å². The number of nitrogens with one attached hydrogen (secondary N) is 3. The molecule has 6 amide bonds. The molecule has 0 aromatic heterocycles. The zero-order chi connectivity index (χ0) is 53.1. The Morgan fingerprint density at radius 3 is 1.99 bits per heavy atom. The van der Waals surface area contributed by atoms with Gasteiger partial charge >= 0.3 is 5.97 Å². The highest BCUT2D eigenvalue weighted by atomic mass is 32.2. The highest BCUT2D eigenvalue weighted by Gasteiger charge is 2.44. The van der Waals surface area contributed by atoms with Gasteiger partial charge in [0.1, 0.15) is 17.8 Å². The predicted molar refractivity (Wildman–Crippen MR) is 265 cm³/mol. The van der Waals surface area contributed by atoms with Gasteiger partial charge in [-0.3, -0.25) is 43.2 Å². The summed E-state index contributed by atoms with van der Waals surface area (Å²) in [5, 5.41) is 14.4. The van der Waals surface area contributed by atoms with Gasteiger partial charge in [-0.05, 0) is 81.6 Å². The minimum atomic E-state index is -3.98. The number of benzene rings is 1. The van der Waals surface area contributed by atoms with E-state index in [0.717, 1.165) is 0 Å². The smallest absolute Gasteiger partial charge is 0.308 e. The van der Waals surface area contributed by atoms with Gasteiger partial charge in [0.15, 0.2) is 6.61 Å². The first-order chi connectivity index (χ1) is 33.4. The third kappa shape index (κ3) is 15.6. The molecule has 1 aromatic carbocycles. The molecule has 400 valence electrons. The van der Waals surface area contributed by atoms with Gasteiger partial charge in [0.2, 0.25) is 33.7 Å². The molecule has 0 bridgehead atoms. The first kappa shape index (κ1) is 58.7. The van der Waals surface area contributed by atoms with Crippen molar-refractivity contribution in [1.82, 2.24) is 35.0 Å². The van der Waals surface area contributed by atoms with Crippen molar-refractivity contribution < 1.29 is 61.3 Å². The van der Waals surface area contributed by atoms with E-state index < -0.39 is 87.3 Å². The molecule has 2 saturated heterocycles. The van der Waals surface area contributed by atoms with Crippen LogP contribution in [0.2, 0.25) is 0 Å². The van der Waals surface area contributed by atoms with E-state index in [-0.39, 0.29) is 67.4 Å². The molecule has 0 radical (unpaired) electrons. The second-order valence-electron chi connectivity index (χ2n) is 20.5. The lowest BCUT2D eigenvalue weighted by atomic mass is 9.89. The highest BCUT2D eigenvalue weighted by molar-refractivity contribution is 7.90. The standard InChI is InChI=1S/C50H81N7O13S/c1-13-31(6)44(55(10)49(63)42(29(2)3)52-48(62)43(30(4)5)54(8)9)39(68-11)26-40(58)57-23-14-15-38(57)45(69-12)32(7)46(60)51-37(47(61)53-71(66,67)36-20-21-36)25-33-16-18-35(19-17-33)70-28-41(59)56-24-22-34(27-56)50(64)65/h16-19,29-32,34,36-39,42-45H,13-15,20-28H2,1-12H3,(H,51,60)(H,52,62)(H,53,61)(H,64,65)/t31-,32+,34+,37-,38-,39+,42-,43?,44-,45+/m0/s1. The summed E-state index contributed by atoms with van der Waals surface area (Å²) >= 11 is 0. The SMILES string of the molecule is CC[C@H](C)[C@@H]([C@@H](CC(=O)N1CCC[C@H]1[C@H](OC)[C@@H](C)C(=O)N[C@@H](Cc1ccc(OCC(=O)N2CC[C@@H](C(=O)O)C2)cc1)C(=O)NS(=O)(=O)C1CC1)OC)N(C)C(=O)[C@@H](NC(=O)C(C(C)C)N(C)C)C(C)C. The summed E-state index contributed by atoms with van der Waals surface area (Å²) in [5.74, 6) is -5.19. The summed E-state index contributed by atoms with van der Waals surface area (Å²) in [6.45, 7) is 13.8. The molecular formula is C50H81N7O13S. The molecule has 1 unspecified atom stereocenters. The number of amides is 6. The van der Waals surface area contributed by atoms with Gasteiger partial charge in [-0.25, -0.2) is 8.42 Å². The third-order valence-electron chi connectivity index (χ3n) is 14.4. The quantitative estimate of drug-likeness (QED) is 0.0988. The van der Waals surface area contributed by atoms with Crippen LogP contribution in [0.3, 0.4) is 0 Å². The largest absolute Gasteiger partial charge is 0.484 e. The van der Waals surface area contributed by atoms with Crippen molar-refractivity contribution in [1.29, 1.82) is 0 Å². The van der Waals surface area contributed by atoms with E-state index in [2.05, 4.69) is 15.4 Å². The molecule has 71 heavy (non-hydrogen) atoms. The van der Waals surface area contributed by atoms with Crippen LogP contribution in [0, 0.1) is 29.6 Å². The van der Waals surface area contributed by atoms with Gasteiger partial charge in [-0.15, -0.1) is 0 Å². The number of carboxylic acid groups (broad SMARTS) is 1. The fourth-order valence-corrected chi connectivity index (χ4v) is 11.3. The summed E-state index contributed by atoms with van der Waals surface area (Å²) in [4.78, 5) is 101. The number of carbonyl (C=O) groups excluding carboxylic acids is 6. The van der Waals surface area contributed by atoms with Crippen LogP contribution in [-0.2, 0) is 59.5 Å². The summed E-state index contributed by atoms with van der Waals surface area (Å²) in [7, 11) is 4.31. The maximum absolute atomic E-state index is 14.5. The van der Waals surface area contributed by atoms with E-state index in [1.807, 2.05) is 60.5 Å². The Morgan fingerprint density at radius 1 is 0.817 bits per heavy atom. The van der Waals surface area contributed by atoms with Crippen LogP contribution in [0.25, 0.3) is 0 Å². The second-order valence-corrected chi connectivity index (χ2v) is 22.5. The Morgan fingerprint density at radius 2 is 1.46 bits per heavy atom. The van der Waals surface area contributed by atoms with Gasteiger partial charge in [-0.2, -0.15) is 0 Å². The molecule has 4 N–H and O–H groups in total. The maximum Gasteiger partial charge on any atom is 0.308 e. The van der Waals surface area contributed by atoms with E-state index in [4.69, 9.17) is 14.2 Å². The number of likely N-dealkylation sites (tertiary alicyclic amines) is 2. The predicted octanol–water partition coefficient (Wildman–Crippen LogP) is 2.28. The number of aliphatic carboxylic acids is 1. The summed E-state index contributed by atoms with van der Waals surface area (Å²) in [6.07, 6.45) is 1.23. The number of carboxylic acids is 1. The van der Waals surface area contributed by atoms with Crippen LogP contribution in [0.1, 0.15) is 99.0 Å². The average molecular weight is 1020 g/mol. The molecule has 4 rings (SSSR count). The van der Waals surface area contributed by atoms with Gasteiger partial charge < -0.3 is 44.7 Å². The number of nitrogens with zero attached hydrogens (tertiary/aromatic N) is 4. The number of sulfonamides is 1. The first-order valence-corrected chi connectivity index (χ1v) is 26.6. The van der Waals surface area contributed by atoms with Gasteiger partial charge in [-0.1, -0.05) is 67.0 Å². The number of likely N-dealkylation sites (N-methyl/N-ethyl adjacent to an activating group) is 2. The molecule has 3 aliphatic rings. The van der Waals surface area contributed by atoms with Gasteiger partial charge in [0, 0.05) is 47.3 Å².